The lowest BCUT2D eigenvalue weighted by atomic mass is 10.4. The molecule has 1 rings (SSSR count). The van der Waals surface area contributed by atoms with Crippen LogP contribution >= 0.6 is 0 Å². The number of aryl methyl sites for hydroxylation is 2. The van der Waals surface area contributed by atoms with E-state index in [1.165, 1.54) is 6.33 Å². The Bertz CT molecular complexity index is 164. The van der Waals surface area contributed by atoms with Crippen LogP contribution < -0.4 is 0 Å². The normalized spacial score (nSPS) is 9.25. The van der Waals surface area contributed by atoms with Gasteiger partial charge in [0.05, 0.1) is 11.4 Å². The van der Waals surface area contributed by atoms with Crippen LogP contribution in [-0.2, 0) is 0 Å². The van der Waals surface area contributed by atoms with Gasteiger partial charge in [-0.25, -0.2) is 4.98 Å². The van der Waals surface area contributed by atoms with Crippen molar-refractivity contribution >= 4 is 0 Å². The van der Waals surface area contributed by atoms with E-state index in [0.29, 0.717) is 0 Å². The molecule has 8 heavy (non-hydrogen) atoms. The molecule has 0 aliphatic heterocycles. The van der Waals surface area contributed by atoms with Gasteiger partial charge < -0.3 is 0 Å². The summed E-state index contributed by atoms with van der Waals surface area (Å²) in [4.78, 5) is 3.91. The van der Waals surface area contributed by atoms with Gasteiger partial charge in [-0.1, -0.05) is 0 Å². The van der Waals surface area contributed by atoms with Crippen molar-refractivity contribution in [2.75, 3.05) is 0 Å². The Kier molecular flexibility index (Phi) is 1.20. The van der Waals surface area contributed by atoms with Crippen LogP contribution in [0.1, 0.15) is 11.4 Å². The molecule has 0 aliphatic rings. The second-order valence-corrected chi connectivity index (χ2v) is 1.63. The first-order valence-electron chi connectivity index (χ1n) is 2.41. The first-order valence-corrected chi connectivity index (χ1v) is 2.41. The van der Waals surface area contributed by atoms with Gasteiger partial charge in [-0.2, -0.15) is 5.10 Å². The Morgan fingerprint density at radius 1 is 1.25 bits per heavy atom. The fraction of sp³-hybridized carbons (Fsp3) is 0.400. The maximum absolute atomic E-state index is 3.91. The highest BCUT2D eigenvalue weighted by Crippen LogP contribution is 1.91. The van der Waals surface area contributed by atoms with Crippen LogP contribution in [0, 0.1) is 13.8 Å². The maximum Gasteiger partial charge on any atom is 0.138 e. The van der Waals surface area contributed by atoms with Crippen molar-refractivity contribution in [3.63, 3.8) is 0 Å². The van der Waals surface area contributed by atoms with Crippen molar-refractivity contribution in [2.45, 2.75) is 13.8 Å². The van der Waals surface area contributed by atoms with Crippen LogP contribution in [0.25, 0.3) is 0 Å². The maximum atomic E-state index is 3.91. The second kappa shape index (κ2) is 1.86. The minimum Gasteiger partial charge on any atom is -0.238 e. The number of aromatic nitrogens is 3. The fourth-order valence-electron chi connectivity index (χ4n) is 0.391. The molecule has 0 radical (unpaired) electrons. The van der Waals surface area contributed by atoms with Crippen LogP contribution in [0.15, 0.2) is 6.33 Å². The van der Waals surface area contributed by atoms with E-state index in [0.717, 1.165) is 11.4 Å². The van der Waals surface area contributed by atoms with Gasteiger partial charge in [-0.05, 0) is 13.8 Å². The molecule has 1 heterocycles. The average molecular weight is 109 g/mol. The van der Waals surface area contributed by atoms with Gasteiger partial charge in [-0.3, -0.25) is 0 Å². The molecular formula is C5H7N3. The third-order valence-corrected chi connectivity index (χ3v) is 1.03. The van der Waals surface area contributed by atoms with E-state index < -0.39 is 0 Å². The summed E-state index contributed by atoms with van der Waals surface area (Å²) in [6.45, 7) is 3.79. The summed E-state index contributed by atoms with van der Waals surface area (Å²) in [6, 6.07) is 0. The number of rotatable bonds is 0. The molecular weight excluding hydrogens is 102 g/mol. The quantitative estimate of drug-likeness (QED) is 0.486. The number of hydrogen-bond donors (Lipinski definition) is 0. The largest absolute Gasteiger partial charge is 0.238 e. The lowest BCUT2D eigenvalue weighted by Crippen LogP contribution is -1.91. The van der Waals surface area contributed by atoms with Crippen molar-refractivity contribution < 1.29 is 0 Å². The van der Waals surface area contributed by atoms with Crippen LogP contribution in [0.5, 0.6) is 0 Å². The Morgan fingerprint density at radius 2 is 2.00 bits per heavy atom. The van der Waals surface area contributed by atoms with Crippen molar-refractivity contribution in [1.82, 2.24) is 15.2 Å². The van der Waals surface area contributed by atoms with Gasteiger partial charge in [-0.15, -0.1) is 5.10 Å². The summed E-state index contributed by atoms with van der Waals surface area (Å²) in [5.74, 6) is 0. The molecule has 3 heteroatoms. The van der Waals surface area contributed by atoms with E-state index in [-0.39, 0.29) is 0 Å². The summed E-state index contributed by atoms with van der Waals surface area (Å²) in [5, 5.41) is 7.35. The molecule has 0 atom stereocenters. The van der Waals surface area contributed by atoms with Crippen LogP contribution in [0.2, 0.25) is 0 Å². The van der Waals surface area contributed by atoms with E-state index in [1.807, 2.05) is 13.8 Å². The SMILES string of the molecule is Cc1ncnnc1C. The van der Waals surface area contributed by atoms with Crippen LogP contribution in [0.3, 0.4) is 0 Å². The predicted molar refractivity (Wildman–Crippen MR) is 29.3 cm³/mol. The molecule has 0 saturated heterocycles. The summed E-state index contributed by atoms with van der Waals surface area (Å²) in [5.41, 5.74) is 1.84. The van der Waals surface area contributed by atoms with Gasteiger partial charge in [0.25, 0.3) is 0 Å². The highest BCUT2D eigenvalue weighted by molar-refractivity contribution is 5.01. The third kappa shape index (κ3) is 0.804. The third-order valence-electron chi connectivity index (χ3n) is 1.03. The average Bonchev–Trinajstić information content (AvgIpc) is 1.77. The molecule has 0 unspecified atom stereocenters. The molecule has 0 N–H and O–H groups in total. The summed E-state index contributed by atoms with van der Waals surface area (Å²) >= 11 is 0. The van der Waals surface area contributed by atoms with Gasteiger partial charge in [0, 0.05) is 0 Å². The van der Waals surface area contributed by atoms with Crippen molar-refractivity contribution in [2.24, 2.45) is 0 Å². The minimum absolute atomic E-state index is 0.896. The lowest BCUT2D eigenvalue weighted by molar-refractivity contribution is 0.895. The Morgan fingerprint density at radius 3 is 2.38 bits per heavy atom. The number of hydrogen-bond acceptors (Lipinski definition) is 3. The zero-order chi connectivity index (χ0) is 5.98. The fourth-order valence-corrected chi connectivity index (χ4v) is 0.391. The highest BCUT2D eigenvalue weighted by Gasteiger charge is 1.88. The first kappa shape index (κ1) is 5.15. The standard InChI is InChI=1S/C5H7N3/c1-4-5(2)8-7-3-6-4/h3H,1-2H3. The van der Waals surface area contributed by atoms with Gasteiger partial charge >= 0.3 is 0 Å². The topological polar surface area (TPSA) is 38.7 Å². The molecule has 0 saturated carbocycles. The molecule has 0 aliphatic carbocycles. The molecule has 0 aromatic carbocycles. The predicted octanol–water partition coefficient (Wildman–Crippen LogP) is 0.488. The first-order chi connectivity index (χ1) is 3.80. The smallest absolute Gasteiger partial charge is 0.138 e. The van der Waals surface area contributed by atoms with Crippen molar-refractivity contribution in [3.8, 4) is 0 Å². The van der Waals surface area contributed by atoms with E-state index >= 15 is 0 Å². The second-order valence-electron chi connectivity index (χ2n) is 1.63. The molecule has 1 aromatic heterocycles. The Hall–Kier alpha value is -0.990. The molecule has 0 amide bonds. The van der Waals surface area contributed by atoms with Crippen molar-refractivity contribution in [1.29, 1.82) is 0 Å². The van der Waals surface area contributed by atoms with Gasteiger partial charge in [0.15, 0.2) is 0 Å². The van der Waals surface area contributed by atoms with E-state index in [4.69, 9.17) is 0 Å². The highest BCUT2D eigenvalue weighted by atomic mass is 15.1. The molecule has 0 spiro atoms. The number of nitrogens with zero attached hydrogens (tertiary/aromatic N) is 3. The zero-order valence-corrected chi connectivity index (χ0v) is 4.92. The monoisotopic (exact) mass is 109 g/mol. The van der Waals surface area contributed by atoms with Crippen LogP contribution in [-0.4, -0.2) is 15.2 Å². The Labute approximate surface area is 47.8 Å². The van der Waals surface area contributed by atoms with E-state index in [9.17, 15) is 0 Å². The summed E-state index contributed by atoms with van der Waals surface area (Å²) < 4.78 is 0. The molecule has 0 fully saturated rings. The zero-order valence-electron chi connectivity index (χ0n) is 4.92. The lowest BCUT2D eigenvalue weighted by Gasteiger charge is -1.89. The summed E-state index contributed by atoms with van der Waals surface area (Å²) in [6.07, 6.45) is 1.45. The van der Waals surface area contributed by atoms with E-state index in [2.05, 4.69) is 15.2 Å². The molecule has 3 nitrogen and oxygen atoms in total. The van der Waals surface area contributed by atoms with Gasteiger partial charge in [0.2, 0.25) is 0 Å². The van der Waals surface area contributed by atoms with Crippen molar-refractivity contribution in [3.05, 3.63) is 17.7 Å². The summed E-state index contributed by atoms with van der Waals surface area (Å²) in [7, 11) is 0. The van der Waals surface area contributed by atoms with E-state index in [1.54, 1.807) is 0 Å². The minimum atomic E-state index is 0.896. The van der Waals surface area contributed by atoms with Crippen LogP contribution in [0.4, 0.5) is 0 Å². The molecule has 0 bridgehead atoms. The van der Waals surface area contributed by atoms with Gasteiger partial charge in [0.1, 0.15) is 6.33 Å². The molecule has 42 valence electrons. The molecule has 1 aromatic rings. The Balaban J connectivity index is 3.13.